The van der Waals surface area contributed by atoms with Crippen LogP contribution >= 0.6 is 0 Å². The molecule has 7 nitrogen and oxygen atoms in total. The summed E-state index contributed by atoms with van der Waals surface area (Å²) in [6.07, 6.45) is 1.30. The van der Waals surface area contributed by atoms with Gasteiger partial charge in [-0.05, 0) is 12.1 Å². The summed E-state index contributed by atoms with van der Waals surface area (Å²) in [5.74, 6) is -0.812. The average molecular weight is 275 g/mol. The van der Waals surface area contributed by atoms with E-state index in [9.17, 15) is 14.7 Å². The van der Waals surface area contributed by atoms with Crippen molar-refractivity contribution in [1.82, 2.24) is 10.5 Å². The smallest absolute Gasteiger partial charge is 0.251 e. The number of amides is 2. The van der Waals surface area contributed by atoms with E-state index in [0.29, 0.717) is 5.56 Å². The molecule has 0 spiro atoms. The highest BCUT2D eigenvalue weighted by atomic mass is 16.5. The highest BCUT2D eigenvalue weighted by Crippen LogP contribution is 2.03. The van der Waals surface area contributed by atoms with E-state index in [0.717, 1.165) is 0 Å². The van der Waals surface area contributed by atoms with E-state index in [1.54, 1.807) is 30.3 Å². The van der Waals surface area contributed by atoms with Gasteiger partial charge in [0.05, 0.1) is 6.61 Å². The molecule has 1 aromatic heterocycles. The molecule has 2 aromatic rings. The summed E-state index contributed by atoms with van der Waals surface area (Å²) in [7, 11) is 0. The number of aliphatic hydroxyl groups excluding tert-OH is 1. The molecule has 3 N–H and O–H groups in total. The normalized spacial score (nSPS) is 11.7. The highest BCUT2D eigenvalue weighted by molar-refractivity contribution is 6.00. The monoisotopic (exact) mass is 275 g/mol. The Morgan fingerprint density at radius 2 is 2.00 bits per heavy atom. The lowest BCUT2D eigenvalue weighted by molar-refractivity contribution is -0.118. The summed E-state index contributed by atoms with van der Waals surface area (Å²) in [4.78, 5) is 23.7. The zero-order valence-corrected chi connectivity index (χ0v) is 10.4. The van der Waals surface area contributed by atoms with Gasteiger partial charge in [0, 0.05) is 11.6 Å². The molecule has 1 aromatic carbocycles. The number of nitrogens with zero attached hydrogens (tertiary/aromatic N) is 1. The highest BCUT2D eigenvalue weighted by Gasteiger charge is 2.21. The van der Waals surface area contributed by atoms with Crippen LogP contribution in [-0.2, 0) is 4.79 Å². The Kier molecular flexibility index (Phi) is 4.46. The van der Waals surface area contributed by atoms with Crippen molar-refractivity contribution in [3.63, 3.8) is 0 Å². The zero-order chi connectivity index (χ0) is 14.4. The van der Waals surface area contributed by atoms with Crippen LogP contribution in [-0.4, -0.2) is 34.7 Å². The van der Waals surface area contributed by atoms with E-state index in [1.165, 1.54) is 12.3 Å². The number of nitrogens with one attached hydrogen (secondary N) is 2. The summed E-state index contributed by atoms with van der Waals surface area (Å²) in [5, 5.41) is 17.6. The number of aromatic nitrogens is 1. The molecular formula is C13H13N3O4. The fraction of sp³-hybridized carbons (Fsp3) is 0.154. The minimum atomic E-state index is -1.07. The van der Waals surface area contributed by atoms with Crippen LogP contribution in [0.1, 0.15) is 10.4 Å². The van der Waals surface area contributed by atoms with Crippen LogP contribution in [0.2, 0.25) is 0 Å². The molecule has 20 heavy (non-hydrogen) atoms. The molecule has 1 atom stereocenters. The maximum Gasteiger partial charge on any atom is 0.251 e. The quantitative estimate of drug-likeness (QED) is 0.732. The Hall–Kier alpha value is -2.67. The number of carbonyl (C=O) groups is 2. The van der Waals surface area contributed by atoms with Gasteiger partial charge in [-0.15, -0.1) is 0 Å². The first-order valence-corrected chi connectivity index (χ1v) is 5.88. The molecule has 0 saturated carbocycles. The molecule has 0 saturated heterocycles. The second-order valence-electron chi connectivity index (χ2n) is 3.95. The van der Waals surface area contributed by atoms with Crippen LogP contribution in [0, 0.1) is 0 Å². The molecule has 0 aliphatic heterocycles. The summed E-state index contributed by atoms with van der Waals surface area (Å²) in [6.45, 7) is -0.526. The van der Waals surface area contributed by atoms with E-state index in [2.05, 4.69) is 20.3 Å². The van der Waals surface area contributed by atoms with Crippen molar-refractivity contribution in [2.45, 2.75) is 6.04 Å². The van der Waals surface area contributed by atoms with Crippen molar-refractivity contribution in [2.24, 2.45) is 0 Å². The predicted molar refractivity (Wildman–Crippen MR) is 69.9 cm³/mol. The summed E-state index contributed by atoms with van der Waals surface area (Å²) in [6, 6.07) is 8.79. The van der Waals surface area contributed by atoms with E-state index in [1.807, 2.05) is 0 Å². The lowest BCUT2D eigenvalue weighted by atomic mass is 10.2. The number of carbonyl (C=O) groups excluding carboxylic acids is 2. The predicted octanol–water partition coefficient (Wildman–Crippen LogP) is 0.404. The van der Waals surface area contributed by atoms with Gasteiger partial charge in [0.1, 0.15) is 12.3 Å². The van der Waals surface area contributed by atoms with Gasteiger partial charge in [-0.2, -0.15) is 0 Å². The number of hydrogen-bond acceptors (Lipinski definition) is 5. The Labute approximate surface area is 114 Å². The third-order valence-electron chi connectivity index (χ3n) is 2.53. The maximum atomic E-state index is 11.9. The van der Waals surface area contributed by atoms with Crippen LogP contribution < -0.4 is 10.6 Å². The van der Waals surface area contributed by atoms with E-state index in [-0.39, 0.29) is 5.82 Å². The van der Waals surface area contributed by atoms with E-state index < -0.39 is 24.5 Å². The van der Waals surface area contributed by atoms with Gasteiger partial charge in [0.15, 0.2) is 5.82 Å². The van der Waals surface area contributed by atoms with Gasteiger partial charge >= 0.3 is 0 Å². The SMILES string of the molecule is O=C(NC(CO)C(=O)Nc1ccon1)c1ccccc1. The standard InChI is InChI=1S/C13H13N3O4/c17-8-10(13(19)15-11-6-7-20-16-11)14-12(18)9-4-2-1-3-5-9/h1-7,10,17H,8H2,(H,14,18)(H,15,16,19). The van der Waals surface area contributed by atoms with Crippen molar-refractivity contribution in [1.29, 1.82) is 0 Å². The molecule has 0 fully saturated rings. The molecule has 2 rings (SSSR count). The van der Waals surface area contributed by atoms with E-state index >= 15 is 0 Å². The molecule has 0 bridgehead atoms. The largest absolute Gasteiger partial charge is 0.394 e. The van der Waals surface area contributed by atoms with Gasteiger partial charge in [-0.25, -0.2) is 0 Å². The van der Waals surface area contributed by atoms with Crippen LogP contribution in [0.3, 0.4) is 0 Å². The average Bonchev–Trinajstić information content (AvgIpc) is 2.98. The van der Waals surface area contributed by atoms with Gasteiger partial charge in [-0.1, -0.05) is 23.4 Å². The van der Waals surface area contributed by atoms with Gasteiger partial charge < -0.3 is 20.3 Å². The molecule has 2 amide bonds. The molecule has 1 unspecified atom stereocenters. The summed E-state index contributed by atoms with van der Waals surface area (Å²) >= 11 is 0. The van der Waals surface area contributed by atoms with Gasteiger partial charge in [0.2, 0.25) is 0 Å². The first-order chi connectivity index (χ1) is 9.70. The minimum Gasteiger partial charge on any atom is -0.394 e. The Bertz CT molecular complexity index is 569. The van der Waals surface area contributed by atoms with Crippen molar-refractivity contribution in [3.8, 4) is 0 Å². The molecule has 1 heterocycles. The van der Waals surface area contributed by atoms with Crippen molar-refractivity contribution < 1.29 is 19.2 Å². The molecule has 0 aliphatic carbocycles. The maximum absolute atomic E-state index is 11.9. The second kappa shape index (κ2) is 6.48. The van der Waals surface area contributed by atoms with Crippen LogP contribution in [0.4, 0.5) is 5.82 Å². The van der Waals surface area contributed by atoms with Crippen LogP contribution in [0.5, 0.6) is 0 Å². The van der Waals surface area contributed by atoms with Crippen molar-refractivity contribution >= 4 is 17.6 Å². The fourth-order valence-corrected chi connectivity index (χ4v) is 1.52. The number of benzene rings is 1. The lowest BCUT2D eigenvalue weighted by Gasteiger charge is -2.15. The number of anilines is 1. The van der Waals surface area contributed by atoms with E-state index in [4.69, 9.17) is 0 Å². The zero-order valence-electron chi connectivity index (χ0n) is 10.4. The summed E-state index contributed by atoms with van der Waals surface area (Å²) < 4.78 is 4.56. The number of hydrogen-bond donors (Lipinski definition) is 3. The summed E-state index contributed by atoms with van der Waals surface area (Å²) in [5.41, 5.74) is 0.403. The third kappa shape index (κ3) is 3.42. The van der Waals surface area contributed by atoms with Crippen molar-refractivity contribution in [2.75, 3.05) is 11.9 Å². The van der Waals surface area contributed by atoms with Crippen molar-refractivity contribution in [3.05, 3.63) is 48.2 Å². The first kappa shape index (κ1) is 13.8. The minimum absolute atomic E-state index is 0.211. The van der Waals surface area contributed by atoms with Gasteiger partial charge in [-0.3, -0.25) is 9.59 Å². The number of aliphatic hydroxyl groups is 1. The third-order valence-corrected chi connectivity index (χ3v) is 2.53. The van der Waals surface area contributed by atoms with Gasteiger partial charge in [0.25, 0.3) is 11.8 Å². The topological polar surface area (TPSA) is 104 Å². The number of rotatable bonds is 5. The Morgan fingerprint density at radius 3 is 2.60 bits per heavy atom. The molecule has 104 valence electrons. The lowest BCUT2D eigenvalue weighted by Crippen LogP contribution is -2.46. The Morgan fingerprint density at radius 1 is 1.25 bits per heavy atom. The second-order valence-corrected chi connectivity index (χ2v) is 3.95. The molecular weight excluding hydrogens is 262 g/mol. The molecule has 0 aliphatic rings. The first-order valence-electron chi connectivity index (χ1n) is 5.88. The Balaban J connectivity index is 1.98. The fourth-order valence-electron chi connectivity index (χ4n) is 1.52. The molecule has 0 radical (unpaired) electrons. The van der Waals surface area contributed by atoms with Crippen LogP contribution in [0.25, 0.3) is 0 Å². The molecule has 7 heteroatoms. The van der Waals surface area contributed by atoms with Crippen LogP contribution in [0.15, 0.2) is 47.2 Å².